The highest BCUT2D eigenvalue weighted by Gasteiger charge is 2.34. The van der Waals surface area contributed by atoms with Crippen LogP contribution in [0.3, 0.4) is 0 Å². The third kappa shape index (κ3) is 3.91. The quantitative estimate of drug-likeness (QED) is 0.573. The molecule has 1 fully saturated rings. The van der Waals surface area contributed by atoms with E-state index < -0.39 is 0 Å². The third-order valence-corrected chi connectivity index (χ3v) is 8.40. The Bertz CT molecular complexity index is 831. The molecule has 4 rings (SSSR count). The zero-order valence-electron chi connectivity index (χ0n) is 17.6. The van der Waals surface area contributed by atoms with Crippen molar-refractivity contribution in [3.8, 4) is 0 Å². The lowest BCUT2D eigenvalue weighted by Crippen LogP contribution is -3.14. The summed E-state index contributed by atoms with van der Waals surface area (Å²) in [7, 11) is 0. The Morgan fingerprint density at radius 3 is 2.68 bits per heavy atom. The van der Waals surface area contributed by atoms with Gasteiger partial charge in [-0.1, -0.05) is 25.6 Å². The van der Waals surface area contributed by atoms with Crippen molar-refractivity contribution in [3.63, 3.8) is 0 Å². The lowest BCUT2D eigenvalue weighted by Gasteiger charge is -2.35. The summed E-state index contributed by atoms with van der Waals surface area (Å²) >= 11 is 3.61. The van der Waals surface area contributed by atoms with E-state index in [-0.39, 0.29) is 5.60 Å². The monoisotopic (exact) mass is 421 g/mol. The first kappa shape index (κ1) is 20.4. The fraction of sp³-hybridized carbons (Fsp3) is 0.714. The summed E-state index contributed by atoms with van der Waals surface area (Å²) in [5.74, 6) is 2.25. The molecule has 0 aromatic carbocycles. The first-order chi connectivity index (χ1) is 13.6. The van der Waals surface area contributed by atoms with Crippen molar-refractivity contribution in [2.24, 2.45) is 0 Å². The van der Waals surface area contributed by atoms with Crippen molar-refractivity contribution in [2.45, 2.75) is 64.3 Å². The average molecular weight is 422 g/mol. The van der Waals surface area contributed by atoms with Gasteiger partial charge in [0.05, 0.1) is 50.3 Å². The second kappa shape index (κ2) is 8.46. The van der Waals surface area contributed by atoms with Gasteiger partial charge >= 0.3 is 0 Å². The maximum absolute atomic E-state index is 6.22. The van der Waals surface area contributed by atoms with Crippen LogP contribution in [0.5, 0.6) is 0 Å². The van der Waals surface area contributed by atoms with Crippen LogP contribution < -0.4 is 9.80 Å². The van der Waals surface area contributed by atoms with Gasteiger partial charge in [0.25, 0.3) is 0 Å². The van der Waals surface area contributed by atoms with Crippen molar-refractivity contribution >= 4 is 39.1 Å². The number of ether oxygens (including phenoxy) is 1. The van der Waals surface area contributed by atoms with Crippen LogP contribution in [0.25, 0.3) is 10.2 Å². The number of nitrogens with one attached hydrogen (secondary N) is 1. The van der Waals surface area contributed by atoms with Gasteiger partial charge in [-0.3, -0.25) is 0 Å². The number of fused-ring (bicyclic) bond motifs is 3. The van der Waals surface area contributed by atoms with Gasteiger partial charge in [-0.05, 0) is 32.3 Å². The van der Waals surface area contributed by atoms with Crippen LogP contribution in [-0.4, -0.2) is 54.0 Å². The van der Waals surface area contributed by atoms with Crippen LogP contribution in [0.15, 0.2) is 5.16 Å². The molecule has 2 aromatic heterocycles. The molecule has 1 saturated heterocycles. The number of piperazine rings is 1. The van der Waals surface area contributed by atoms with Crippen molar-refractivity contribution in [2.75, 3.05) is 43.4 Å². The summed E-state index contributed by atoms with van der Waals surface area (Å²) in [6, 6.07) is 0. The second-order valence-corrected chi connectivity index (χ2v) is 10.4. The van der Waals surface area contributed by atoms with Crippen molar-refractivity contribution in [3.05, 3.63) is 10.4 Å². The van der Waals surface area contributed by atoms with E-state index in [0.29, 0.717) is 6.61 Å². The number of nitrogens with zero attached hydrogens (tertiary/aromatic N) is 3. The molecule has 0 unspecified atom stereocenters. The standard InChI is InChI=1S/C21H32N4OS2/c1-5-12-27-20-22-18(25-10-8-24(7-3)9-11-25)17-15-13-21(4,6-2)26-14-16(15)28-19(17)23-20/h5-14H2,1-4H3/p+1/t21-/m0/s1. The maximum atomic E-state index is 6.22. The zero-order valence-corrected chi connectivity index (χ0v) is 19.3. The topological polar surface area (TPSA) is 42.7 Å². The summed E-state index contributed by atoms with van der Waals surface area (Å²) in [5.41, 5.74) is 1.38. The molecule has 0 spiro atoms. The molecule has 2 aliphatic heterocycles. The number of quaternary nitrogens is 1. The fourth-order valence-corrected chi connectivity index (χ4v) is 5.98. The summed E-state index contributed by atoms with van der Waals surface area (Å²) in [6.07, 6.45) is 3.14. The van der Waals surface area contributed by atoms with Crippen molar-refractivity contribution in [1.29, 1.82) is 0 Å². The predicted molar refractivity (Wildman–Crippen MR) is 119 cm³/mol. The molecule has 0 saturated carbocycles. The van der Waals surface area contributed by atoms with Crippen molar-refractivity contribution < 1.29 is 9.64 Å². The summed E-state index contributed by atoms with van der Waals surface area (Å²) in [6.45, 7) is 15.5. The highest BCUT2D eigenvalue weighted by atomic mass is 32.2. The summed E-state index contributed by atoms with van der Waals surface area (Å²) in [5, 5.41) is 2.25. The number of rotatable bonds is 6. The molecule has 2 aromatic rings. The Kier molecular flexibility index (Phi) is 6.16. The van der Waals surface area contributed by atoms with E-state index in [1.807, 2.05) is 11.3 Å². The van der Waals surface area contributed by atoms with Gasteiger partial charge in [-0.2, -0.15) is 0 Å². The van der Waals surface area contributed by atoms with Crippen LogP contribution >= 0.6 is 23.1 Å². The van der Waals surface area contributed by atoms with E-state index in [9.17, 15) is 0 Å². The van der Waals surface area contributed by atoms with Gasteiger partial charge < -0.3 is 14.5 Å². The number of anilines is 1. The molecule has 4 heterocycles. The van der Waals surface area contributed by atoms with E-state index in [1.165, 1.54) is 41.3 Å². The van der Waals surface area contributed by atoms with Crippen LogP contribution in [-0.2, 0) is 17.8 Å². The van der Waals surface area contributed by atoms with E-state index in [1.54, 1.807) is 16.7 Å². The summed E-state index contributed by atoms with van der Waals surface area (Å²) in [4.78, 5) is 16.8. The third-order valence-electron chi connectivity index (χ3n) is 6.25. The molecule has 28 heavy (non-hydrogen) atoms. The molecule has 1 atom stereocenters. The molecule has 0 amide bonds. The minimum atomic E-state index is -0.0705. The van der Waals surface area contributed by atoms with E-state index in [0.717, 1.165) is 48.1 Å². The van der Waals surface area contributed by atoms with Gasteiger partial charge in [-0.25, -0.2) is 9.97 Å². The van der Waals surface area contributed by atoms with E-state index in [2.05, 4.69) is 32.6 Å². The fourth-order valence-electron chi connectivity index (χ4n) is 4.14. The Labute approximate surface area is 176 Å². The van der Waals surface area contributed by atoms with Gasteiger partial charge in [0.2, 0.25) is 0 Å². The Hall–Kier alpha value is -0.890. The highest BCUT2D eigenvalue weighted by molar-refractivity contribution is 7.99. The van der Waals surface area contributed by atoms with Gasteiger partial charge in [-0.15, -0.1) is 11.3 Å². The predicted octanol–water partition coefficient (Wildman–Crippen LogP) is 3.16. The first-order valence-corrected chi connectivity index (χ1v) is 12.5. The SMILES string of the molecule is CCCSc1nc(N2CC[NH+](CC)CC2)c2c3c(sc2n1)CO[C@@](C)(CC)C3. The highest BCUT2D eigenvalue weighted by Crippen LogP contribution is 2.43. The normalized spacial score (nSPS) is 23.4. The first-order valence-electron chi connectivity index (χ1n) is 10.7. The van der Waals surface area contributed by atoms with Crippen LogP contribution in [0.4, 0.5) is 5.82 Å². The Morgan fingerprint density at radius 2 is 2.00 bits per heavy atom. The smallest absolute Gasteiger partial charge is 0.190 e. The van der Waals surface area contributed by atoms with Gasteiger partial charge in [0, 0.05) is 17.1 Å². The second-order valence-electron chi connectivity index (χ2n) is 8.22. The molecule has 154 valence electrons. The van der Waals surface area contributed by atoms with Crippen LogP contribution in [0.1, 0.15) is 51.0 Å². The van der Waals surface area contributed by atoms with E-state index >= 15 is 0 Å². The molecule has 0 radical (unpaired) electrons. The minimum Gasteiger partial charge on any atom is -0.369 e. The van der Waals surface area contributed by atoms with E-state index in [4.69, 9.17) is 14.7 Å². The lowest BCUT2D eigenvalue weighted by molar-refractivity contribution is -0.898. The molecule has 1 N–H and O–H groups in total. The lowest BCUT2D eigenvalue weighted by atomic mass is 9.90. The largest absolute Gasteiger partial charge is 0.369 e. The number of hydrogen-bond acceptors (Lipinski definition) is 6. The number of hydrogen-bond donors (Lipinski definition) is 1. The van der Waals surface area contributed by atoms with Crippen molar-refractivity contribution in [1.82, 2.24) is 9.97 Å². The number of thioether (sulfide) groups is 1. The Morgan fingerprint density at radius 1 is 1.21 bits per heavy atom. The maximum Gasteiger partial charge on any atom is 0.190 e. The number of thiophene rings is 1. The minimum absolute atomic E-state index is 0.0705. The molecular weight excluding hydrogens is 388 g/mol. The average Bonchev–Trinajstić information content (AvgIpc) is 3.09. The molecule has 7 heteroatoms. The molecule has 2 aliphatic rings. The molecule has 0 aliphatic carbocycles. The summed E-state index contributed by atoms with van der Waals surface area (Å²) < 4.78 is 6.22. The molecule has 0 bridgehead atoms. The molecule has 5 nitrogen and oxygen atoms in total. The molecular formula is C21H33N4OS2+. The van der Waals surface area contributed by atoms with Crippen LogP contribution in [0.2, 0.25) is 0 Å². The van der Waals surface area contributed by atoms with Crippen LogP contribution in [0, 0.1) is 0 Å². The zero-order chi connectivity index (χ0) is 19.7. The van der Waals surface area contributed by atoms with Gasteiger partial charge in [0.1, 0.15) is 10.6 Å². The number of likely N-dealkylation sites (N-methyl/N-ethyl adjacent to an activating group) is 1. The van der Waals surface area contributed by atoms with Gasteiger partial charge in [0.15, 0.2) is 5.16 Å². The number of aromatic nitrogens is 2. The Balaban J connectivity index is 1.77.